The molecule has 1 N–H and O–H groups in total. The number of aromatic nitrogens is 3. The van der Waals surface area contributed by atoms with Crippen molar-refractivity contribution >= 4 is 17.4 Å². The highest BCUT2D eigenvalue weighted by Gasteiger charge is 2.46. The molecule has 2 fully saturated rings. The average Bonchev–Trinajstić information content (AvgIpc) is 3.40. The van der Waals surface area contributed by atoms with Gasteiger partial charge in [0, 0.05) is 38.2 Å². The lowest BCUT2D eigenvalue weighted by atomic mass is 9.95. The molecule has 2 aliphatic heterocycles. The van der Waals surface area contributed by atoms with Crippen LogP contribution in [0.1, 0.15) is 41.4 Å². The normalized spacial score (nSPS) is 21.7. The summed E-state index contributed by atoms with van der Waals surface area (Å²) in [6, 6.07) is 2.93. The highest BCUT2D eigenvalue weighted by Crippen LogP contribution is 2.40. The first-order valence-electron chi connectivity index (χ1n) is 10.3. The standard InChI is InChI=1S/C22H27N5O3/c1-14-17(15(2)25(3)24-14)20(28)18-19(16-6-8-23-9-7-16)27(22(30)21(18)29)13-12-26-10-4-5-11-26/h6-9,19,28H,4-5,10-13H2,1-3H3/b20-18+. The molecule has 0 aromatic carbocycles. The van der Waals surface area contributed by atoms with Crippen LogP contribution in [0.2, 0.25) is 0 Å². The number of pyridine rings is 1. The fourth-order valence-corrected chi connectivity index (χ4v) is 4.51. The van der Waals surface area contributed by atoms with Crippen LogP contribution in [0, 0.1) is 13.8 Å². The molecule has 2 aromatic heterocycles. The number of aliphatic hydroxyl groups excluding tert-OH is 1. The highest BCUT2D eigenvalue weighted by atomic mass is 16.3. The van der Waals surface area contributed by atoms with Crippen molar-refractivity contribution in [2.75, 3.05) is 26.2 Å². The molecule has 2 saturated heterocycles. The van der Waals surface area contributed by atoms with Crippen LogP contribution >= 0.6 is 0 Å². The quantitative estimate of drug-likeness (QED) is 0.461. The van der Waals surface area contributed by atoms with E-state index in [-0.39, 0.29) is 11.3 Å². The summed E-state index contributed by atoms with van der Waals surface area (Å²) in [4.78, 5) is 34.0. The van der Waals surface area contributed by atoms with Crippen LogP contribution < -0.4 is 0 Å². The third kappa shape index (κ3) is 3.41. The molecular weight excluding hydrogens is 382 g/mol. The molecule has 1 amide bonds. The Morgan fingerprint density at radius 3 is 2.40 bits per heavy atom. The number of likely N-dealkylation sites (tertiary alicyclic amines) is 2. The first kappa shape index (κ1) is 20.3. The number of hydrogen-bond acceptors (Lipinski definition) is 6. The molecule has 4 heterocycles. The van der Waals surface area contributed by atoms with Crippen molar-refractivity contribution in [3.05, 3.63) is 52.6 Å². The molecule has 2 aromatic rings. The molecule has 0 saturated carbocycles. The monoisotopic (exact) mass is 409 g/mol. The van der Waals surface area contributed by atoms with E-state index in [1.54, 1.807) is 48.1 Å². The number of aliphatic hydroxyl groups is 1. The lowest BCUT2D eigenvalue weighted by molar-refractivity contribution is -0.140. The zero-order valence-electron chi connectivity index (χ0n) is 17.6. The fourth-order valence-electron chi connectivity index (χ4n) is 4.51. The van der Waals surface area contributed by atoms with Crippen molar-refractivity contribution in [1.29, 1.82) is 0 Å². The summed E-state index contributed by atoms with van der Waals surface area (Å²) in [6.07, 6.45) is 5.59. The molecule has 0 aliphatic carbocycles. The minimum Gasteiger partial charge on any atom is -0.507 e. The fraction of sp³-hybridized carbons (Fsp3) is 0.455. The summed E-state index contributed by atoms with van der Waals surface area (Å²) in [5.41, 5.74) is 2.73. The number of carbonyl (C=O) groups is 2. The second-order valence-corrected chi connectivity index (χ2v) is 7.99. The van der Waals surface area contributed by atoms with Crippen LogP contribution in [-0.2, 0) is 16.6 Å². The molecule has 158 valence electrons. The lowest BCUT2D eigenvalue weighted by Crippen LogP contribution is -2.37. The Balaban J connectivity index is 1.79. The van der Waals surface area contributed by atoms with Gasteiger partial charge in [0.1, 0.15) is 5.76 Å². The van der Waals surface area contributed by atoms with E-state index in [1.165, 1.54) is 0 Å². The Morgan fingerprint density at radius 2 is 1.80 bits per heavy atom. The van der Waals surface area contributed by atoms with Gasteiger partial charge in [-0.1, -0.05) is 0 Å². The summed E-state index contributed by atoms with van der Waals surface area (Å²) in [5, 5.41) is 15.6. The molecule has 1 unspecified atom stereocenters. The average molecular weight is 409 g/mol. The summed E-state index contributed by atoms with van der Waals surface area (Å²) < 4.78 is 1.66. The van der Waals surface area contributed by atoms with Crippen LogP contribution in [0.5, 0.6) is 0 Å². The van der Waals surface area contributed by atoms with Crippen LogP contribution in [0.25, 0.3) is 5.76 Å². The topological polar surface area (TPSA) is 91.6 Å². The van der Waals surface area contributed by atoms with Crippen LogP contribution in [0.15, 0.2) is 30.1 Å². The molecule has 8 heteroatoms. The predicted molar refractivity (Wildman–Crippen MR) is 112 cm³/mol. The minimum absolute atomic E-state index is 0.117. The van der Waals surface area contributed by atoms with Crippen LogP contribution in [0.4, 0.5) is 0 Å². The minimum atomic E-state index is -0.654. The molecule has 30 heavy (non-hydrogen) atoms. The Labute approximate surface area is 175 Å². The summed E-state index contributed by atoms with van der Waals surface area (Å²) >= 11 is 0. The van der Waals surface area contributed by atoms with Gasteiger partial charge in [0.25, 0.3) is 11.7 Å². The number of carbonyl (C=O) groups excluding carboxylic acids is 2. The third-order valence-corrected chi connectivity index (χ3v) is 6.16. The molecule has 0 radical (unpaired) electrons. The third-order valence-electron chi connectivity index (χ3n) is 6.16. The van der Waals surface area contributed by atoms with Gasteiger partial charge in [-0.2, -0.15) is 5.10 Å². The van der Waals surface area contributed by atoms with Gasteiger partial charge in [-0.15, -0.1) is 0 Å². The highest BCUT2D eigenvalue weighted by molar-refractivity contribution is 6.46. The van der Waals surface area contributed by atoms with Gasteiger partial charge in [-0.25, -0.2) is 0 Å². The van der Waals surface area contributed by atoms with E-state index in [2.05, 4.69) is 15.0 Å². The Kier molecular flexibility index (Phi) is 5.42. The number of nitrogens with zero attached hydrogens (tertiary/aromatic N) is 5. The van der Waals surface area contributed by atoms with Gasteiger partial charge in [-0.3, -0.25) is 19.3 Å². The molecule has 1 atom stereocenters. The van der Waals surface area contributed by atoms with E-state index < -0.39 is 17.7 Å². The number of Topliss-reactive ketones (excluding diaryl/α,β-unsaturated/α-hetero) is 1. The van der Waals surface area contributed by atoms with Crippen molar-refractivity contribution < 1.29 is 14.7 Å². The van der Waals surface area contributed by atoms with Crippen LogP contribution in [-0.4, -0.2) is 67.5 Å². The smallest absolute Gasteiger partial charge is 0.295 e. The van der Waals surface area contributed by atoms with Crippen molar-refractivity contribution in [3.8, 4) is 0 Å². The molecular formula is C22H27N5O3. The zero-order valence-corrected chi connectivity index (χ0v) is 17.6. The second kappa shape index (κ2) is 8.02. The SMILES string of the molecule is Cc1nn(C)c(C)c1/C(O)=C1\C(=O)C(=O)N(CCN2CCCC2)C1c1ccncc1. The maximum absolute atomic E-state index is 13.1. The predicted octanol–water partition coefficient (Wildman–Crippen LogP) is 1.95. The molecule has 2 aliphatic rings. The summed E-state index contributed by atoms with van der Waals surface area (Å²) in [6.45, 7) is 6.78. The van der Waals surface area contributed by atoms with E-state index in [4.69, 9.17) is 0 Å². The van der Waals surface area contributed by atoms with E-state index >= 15 is 0 Å². The molecule has 8 nitrogen and oxygen atoms in total. The maximum Gasteiger partial charge on any atom is 0.295 e. The number of aryl methyl sites for hydroxylation is 2. The maximum atomic E-state index is 13.1. The van der Waals surface area contributed by atoms with Gasteiger partial charge in [0.15, 0.2) is 0 Å². The number of rotatable bonds is 5. The van der Waals surface area contributed by atoms with Crippen LogP contribution in [0.3, 0.4) is 0 Å². The zero-order chi connectivity index (χ0) is 21.4. The van der Waals surface area contributed by atoms with Gasteiger partial charge in [0.2, 0.25) is 0 Å². The first-order chi connectivity index (χ1) is 14.4. The largest absolute Gasteiger partial charge is 0.507 e. The molecule has 0 spiro atoms. The van der Waals surface area contributed by atoms with Gasteiger partial charge in [-0.05, 0) is 57.5 Å². The van der Waals surface area contributed by atoms with Gasteiger partial charge < -0.3 is 14.9 Å². The van der Waals surface area contributed by atoms with Crippen molar-refractivity contribution in [2.45, 2.75) is 32.7 Å². The van der Waals surface area contributed by atoms with Crippen molar-refractivity contribution in [3.63, 3.8) is 0 Å². The Hall–Kier alpha value is -3.00. The Bertz CT molecular complexity index is 1010. The first-order valence-corrected chi connectivity index (χ1v) is 10.3. The van der Waals surface area contributed by atoms with Crippen molar-refractivity contribution in [2.24, 2.45) is 7.05 Å². The molecule has 4 rings (SSSR count). The van der Waals surface area contributed by atoms with Gasteiger partial charge in [0.05, 0.1) is 22.9 Å². The van der Waals surface area contributed by atoms with Crippen molar-refractivity contribution in [1.82, 2.24) is 24.6 Å². The van der Waals surface area contributed by atoms with E-state index in [0.29, 0.717) is 24.3 Å². The van der Waals surface area contributed by atoms with E-state index in [1.807, 2.05) is 6.92 Å². The van der Waals surface area contributed by atoms with E-state index in [0.717, 1.165) is 37.2 Å². The molecule has 0 bridgehead atoms. The lowest BCUT2D eigenvalue weighted by Gasteiger charge is -2.27. The van der Waals surface area contributed by atoms with Gasteiger partial charge >= 0.3 is 0 Å². The number of amides is 1. The Morgan fingerprint density at radius 1 is 1.13 bits per heavy atom. The van der Waals surface area contributed by atoms with E-state index in [9.17, 15) is 14.7 Å². The number of ketones is 1. The summed E-state index contributed by atoms with van der Waals surface area (Å²) in [5.74, 6) is -1.39. The second-order valence-electron chi connectivity index (χ2n) is 7.99. The summed E-state index contributed by atoms with van der Waals surface area (Å²) in [7, 11) is 1.79. The number of hydrogen-bond donors (Lipinski definition) is 1.